The predicted octanol–water partition coefficient (Wildman–Crippen LogP) is 2.52. The van der Waals surface area contributed by atoms with Crippen molar-refractivity contribution in [3.63, 3.8) is 0 Å². The molecule has 0 spiro atoms. The first kappa shape index (κ1) is 7.67. The number of nitrogens with one attached hydrogen (secondary N) is 3. The van der Waals surface area contributed by atoms with Crippen LogP contribution in [0.25, 0.3) is 10.9 Å². The molecule has 0 unspecified atom stereocenters. The van der Waals surface area contributed by atoms with E-state index in [0.717, 1.165) is 10.9 Å². The number of aromatic nitrogens is 1. The lowest BCUT2D eigenvalue weighted by Crippen LogP contribution is -1.91. The number of aromatic amines is 1. The van der Waals surface area contributed by atoms with Crippen LogP contribution in [-0.4, -0.2) is 10.8 Å². The van der Waals surface area contributed by atoms with E-state index in [0.29, 0.717) is 5.56 Å². The molecule has 0 saturated carbocycles. The molecule has 13 heavy (non-hydrogen) atoms. The minimum absolute atomic E-state index is 0.0110. The number of rotatable bonds is 1. The number of amidine groups is 1. The molecule has 1 heterocycles. The van der Waals surface area contributed by atoms with Crippen LogP contribution in [0.4, 0.5) is 0 Å². The van der Waals surface area contributed by atoms with Crippen LogP contribution in [0.1, 0.15) is 5.56 Å². The van der Waals surface area contributed by atoms with Gasteiger partial charge in [0.15, 0.2) is 5.84 Å². The van der Waals surface area contributed by atoms with Gasteiger partial charge >= 0.3 is 0 Å². The number of fused-ring (bicyclic) bond motifs is 1. The maximum Gasteiger partial charge on any atom is 0.173 e. The van der Waals surface area contributed by atoms with Crippen molar-refractivity contribution < 1.29 is 0 Å². The maximum atomic E-state index is 7.34. The third-order valence-corrected chi connectivity index (χ3v) is 1.94. The minimum Gasteiger partial charge on any atom is -0.361 e. The molecule has 0 aliphatic heterocycles. The second-order valence-electron chi connectivity index (χ2n) is 2.74. The Balaban J connectivity index is 2.60. The van der Waals surface area contributed by atoms with Gasteiger partial charge in [-0.15, -0.1) is 5.11 Å². The topological polar surface area (TPSA) is 75.8 Å². The number of hydrogen-bond acceptors (Lipinski definition) is 2. The van der Waals surface area contributed by atoms with E-state index in [4.69, 9.17) is 10.9 Å². The Bertz CT molecular complexity index is 469. The van der Waals surface area contributed by atoms with Crippen molar-refractivity contribution in [2.75, 3.05) is 0 Å². The summed E-state index contributed by atoms with van der Waals surface area (Å²) in [6, 6.07) is 7.42. The maximum absolute atomic E-state index is 7.34. The predicted molar refractivity (Wildman–Crippen MR) is 50.3 cm³/mol. The standard InChI is InChI=1S/C9H8N4/c10-9(13-11)7-1-2-8-6(5-7)3-4-12-8/h1-5,10-12H. The molecule has 0 atom stereocenters. The first-order valence-electron chi connectivity index (χ1n) is 3.85. The van der Waals surface area contributed by atoms with Crippen LogP contribution in [0.3, 0.4) is 0 Å². The van der Waals surface area contributed by atoms with Crippen LogP contribution < -0.4 is 0 Å². The van der Waals surface area contributed by atoms with Crippen molar-refractivity contribution in [2.45, 2.75) is 0 Å². The SMILES string of the molecule is N=NC(=N)c1ccc2[nH]ccc2c1. The van der Waals surface area contributed by atoms with Crippen molar-refractivity contribution in [2.24, 2.45) is 5.11 Å². The summed E-state index contributed by atoms with van der Waals surface area (Å²) in [6.45, 7) is 0. The number of benzene rings is 1. The molecule has 0 saturated heterocycles. The molecular formula is C9H8N4. The highest BCUT2D eigenvalue weighted by molar-refractivity contribution is 5.99. The van der Waals surface area contributed by atoms with E-state index < -0.39 is 0 Å². The molecule has 0 fully saturated rings. The van der Waals surface area contributed by atoms with Crippen molar-refractivity contribution in [3.05, 3.63) is 36.0 Å². The van der Waals surface area contributed by atoms with Crippen LogP contribution in [-0.2, 0) is 0 Å². The third kappa shape index (κ3) is 1.22. The van der Waals surface area contributed by atoms with Crippen LogP contribution in [0.2, 0.25) is 0 Å². The fourth-order valence-electron chi connectivity index (χ4n) is 1.27. The second kappa shape index (κ2) is 2.82. The first-order chi connectivity index (χ1) is 6.31. The molecule has 2 aromatic rings. The number of nitrogens with zero attached hydrogens (tertiary/aromatic N) is 1. The van der Waals surface area contributed by atoms with Gasteiger partial charge in [0.2, 0.25) is 0 Å². The Morgan fingerprint density at radius 2 is 2.15 bits per heavy atom. The highest BCUT2D eigenvalue weighted by Crippen LogP contribution is 2.14. The third-order valence-electron chi connectivity index (χ3n) is 1.94. The molecular weight excluding hydrogens is 164 g/mol. The van der Waals surface area contributed by atoms with Gasteiger partial charge in [0.1, 0.15) is 0 Å². The Kier molecular flexibility index (Phi) is 1.66. The van der Waals surface area contributed by atoms with Gasteiger partial charge in [0, 0.05) is 22.7 Å². The largest absolute Gasteiger partial charge is 0.361 e. The van der Waals surface area contributed by atoms with E-state index in [1.165, 1.54) is 0 Å². The minimum atomic E-state index is -0.0110. The van der Waals surface area contributed by atoms with Gasteiger partial charge < -0.3 is 4.98 Å². The monoisotopic (exact) mass is 172 g/mol. The Morgan fingerprint density at radius 3 is 2.92 bits per heavy atom. The van der Waals surface area contributed by atoms with Crippen LogP contribution in [0.15, 0.2) is 35.6 Å². The summed E-state index contributed by atoms with van der Waals surface area (Å²) in [6.07, 6.45) is 1.84. The van der Waals surface area contributed by atoms with E-state index in [-0.39, 0.29) is 5.84 Å². The van der Waals surface area contributed by atoms with Gasteiger partial charge in [-0.25, -0.2) is 5.53 Å². The van der Waals surface area contributed by atoms with Gasteiger partial charge in [-0.05, 0) is 24.3 Å². The molecule has 4 heteroatoms. The van der Waals surface area contributed by atoms with Gasteiger partial charge in [0.25, 0.3) is 0 Å². The van der Waals surface area contributed by atoms with Gasteiger partial charge in [-0.3, -0.25) is 5.41 Å². The number of H-pyrrole nitrogens is 1. The Morgan fingerprint density at radius 1 is 1.31 bits per heavy atom. The molecule has 1 aromatic heterocycles. The van der Waals surface area contributed by atoms with Crippen molar-refractivity contribution in [3.8, 4) is 0 Å². The summed E-state index contributed by atoms with van der Waals surface area (Å²) < 4.78 is 0. The lowest BCUT2D eigenvalue weighted by molar-refractivity contribution is 1.16. The highest BCUT2D eigenvalue weighted by atomic mass is 15.0. The van der Waals surface area contributed by atoms with Crippen LogP contribution in [0, 0.1) is 10.9 Å². The molecule has 0 bridgehead atoms. The van der Waals surface area contributed by atoms with E-state index in [1.54, 1.807) is 6.07 Å². The average molecular weight is 172 g/mol. The molecule has 1 aromatic carbocycles. The van der Waals surface area contributed by atoms with Gasteiger partial charge in [-0.1, -0.05) is 0 Å². The van der Waals surface area contributed by atoms with E-state index in [2.05, 4.69) is 10.1 Å². The normalized spacial score (nSPS) is 10.2. The second-order valence-corrected chi connectivity index (χ2v) is 2.74. The lowest BCUT2D eigenvalue weighted by Gasteiger charge is -1.96. The summed E-state index contributed by atoms with van der Waals surface area (Å²) in [4.78, 5) is 3.06. The molecule has 0 aliphatic carbocycles. The van der Waals surface area contributed by atoms with Crippen molar-refractivity contribution >= 4 is 16.7 Å². The summed E-state index contributed by atoms with van der Waals surface area (Å²) in [5, 5.41) is 11.4. The smallest absolute Gasteiger partial charge is 0.173 e. The van der Waals surface area contributed by atoms with E-state index in [9.17, 15) is 0 Å². The molecule has 4 nitrogen and oxygen atoms in total. The zero-order valence-corrected chi connectivity index (χ0v) is 6.83. The van der Waals surface area contributed by atoms with Crippen LogP contribution >= 0.6 is 0 Å². The van der Waals surface area contributed by atoms with Crippen LogP contribution in [0.5, 0.6) is 0 Å². The zero-order chi connectivity index (χ0) is 9.26. The fraction of sp³-hybridized carbons (Fsp3) is 0. The summed E-state index contributed by atoms with van der Waals surface area (Å²) >= 11 is 0. The lowest BCUT2D eigenvalue weighted by atomic mass is 10.1. The first-order valence-corrected chi connectivity index (χ1v) is 3.85. The average Bonchev–Trinajstić information content (AvgIpc) is 2.63. The Hall–Kier alpha value is -1.97. The molecule has 0 radical (unpaired) electrons. The Labute approximate surface area is 74.6 Å². The molecule has 0 aliphatic rings. The number of hydrogen-bond donors (Lipinski definition) is 3. The fourth-order valence-corrected chi connectivity index (χ4v) is 1.27. The van der Waals surface area contributed by atoms with Gasteiger partial charge in [-0.2, -0.15) is 0 Å². The zero-order valence-electron chi connectivity index (χ0n) is 6.83. The van der Waals surface area contributed by atoms with E-state index >= 15 is 0 Å². The molecule has 2 rings (SSSR count). The van der Waals surface area contributed by atoms with Gasteiger partial charge in [0.05, 0.1) is 0 Å². The summed E-state index contributed by atoms with van der Waals surface area (Å²) in [5.74, 6) is -0.0110. The van der Waals surface area contributed by atoms with E-state index in [1.807, 2.05) is 24.4 Å². The van der Waals surface area contributed by atoms with Crippen molar-refractivity contribution in [1.82, 2.24) is 4.98 Å². The van der Waals surface area contributed by atoms with Crippen molar-refractivity contribution in [1.29, 1.82) is 10.9 Å². The highest BCUT2D eigenvalue weighted by Gasteiger charge is 2.00. The molecule has 64 valence electrons. The quantitative estimate of drug-likeness (QED) is 0.336. The summed E-state index contributed by atoms with van der Waals surface area (Å²) in [7, 11) is 0. The summed E-state index contributed by atoms with van der Waals surface area (Å²) in [5.41, 5.74) is 8.41. The molecule has 3 N–H and O–H groups in total. The molecule has 0 amide bonds.